The topological polar surface area (TPSA) is 66.8 Å². The van der Waals surface area contributed by atoms with Gasteiger partial charge in [0, 0.05) is 0 Å². The van der Waals surface area contributed by atoms with E-state index in [1.54, 1.807) is 17.8 Å². The van der Waals surface area contributed by atoms with Gasteiger partial charge in [0.25, 0.3) is 5.91 Å². The molecule has 1 N–H and O–H groups in total. The SMILES string of the molecule is CCCOc1ccc(/C=C2/SC(=S)N([C@H](CCSC)C(=O)O)C2=O)cc1. The average molecular weight is 412 g/mol. The van der Waals surface area contributed by atoms with Crippen LogP contribution in [0, 0.1) is 0 Å². The lowest BCUT2D eigenvalue weighted by Gasteiger charge is -2.22. The third kappa shape index (κ3) is 5.25. The molecule has 1 saturated heterocycles. The molecule has 8 heteroatoms. The Morgan fingerprint density at radius 2 is 2.12 bits per heavy atom. The lowest BCUT2D eigenvalue weighted by molar-refractivity contribution is -0.145. The number of hydrogen-bond acceptors (Lipinski definition) is 6. The third-order valence-electron chi connectivity index (χ3n) is 3.67. The summed E-state index contributed by atoms with van der Waals surface area (Å²) in [6.07, 6.45) is 4.93. The van der Waals surface area contributed by atoms with Crippen molar-refractivity contribution in [3.63, 3.8) is 0 Å². The molecular formula is C18H21NO4S3. The third-order valence-corrected chi connectivity index (χ3v) is 5.64. The molecule has 1 amide bonds. The summed E-state index contributed by atoms with van der Waals surface area (Å²) in [4.78, 5) is 25.9. The molecule has 0 saturated carbocycles. The highest BCUT2D eigenvalue weighted by molar-refractivity contribution is 8.26. The summed E-state index contributed by atoms with van der Waals surface area (Å²) in [5.74, 6) is 0.0418. The van der Waals surface area contributed by atoms with Crippen LogP contribution < -0.4 is 4.74 Å². The minimum atomic E-state index is -1.03. The second kappa shape index (κ2) is 9.99. The monoisotopic (exact) mass is 411 g/mol. The number of ether oxygens (including phenoxy) is 1. The van der Waals surface area contributed by atoms with Crippen molar-refractivity contribution >= 4 is 58.0 Å². The molecule has 1 atom stereocenters. The summed E-state index contributed by atoms with van der Waals surface area (Å²) in [5, 5.41) is 9.47. The zero-order valence-electron chi connectivity index (χ0n) is 14.6. The smallest absolute Gasteiger partial charge is 0.326 e. The standard InChI is InChI=1S/C18H21NO4S3/c1-3-9-23-13-6-4-12(5-7-13)11-15-16(20)19(18(24)26-15)14(17(21)22)8-10-25-2/h4-7,11,14H,3,8-10H2,1-2H3,(H,21,22)/b15-11+/t14-/m1/s1. The summed E-state index contributed by atoms with van der Waals surface area (Å²) < 4.78 is 5.83. The molecule has 140 valence electrons. The molecule has 0 bridgehead atoms. The van der Waals surface area contributed by atoms with Crippen LogP contribution in [-0.4, -0.2) is 50.9 Å². The minimum absolute atomic E-state index is 0.289. The van der Waals surface area contributed by atoms with Crippen LogP contribution in [-0.2, 0) is 9.59 Å². The summed E-state index contributed by atoms with van der Waals surface area (Å²) in [6, 6.07) is 6.49. The Labute approximate surface area is 167 Å². The van der Waals surface area contributed by atoms with Gasteiger partial charge < -0.3 is 9.84 Å². The fourth-order valence-corrected chi connectivity index (χ4v) is 4.19. The lowest BCUT2D eigenvalue weighted by atomic mass is 10.1. The van der Waals surface area contributed by atoms with Gasteiger partial charge in [0.05, 0.1) is 11.5 Å². The fraction of sp³-hybridized carbons (Fsp3) is 0.389. The van der Waals surface area contributed by atoms with Crippen molar-refractivity contribution in [3.05, 3.63) is 34.7 Å². The van der Waals surface area contributed by atoms with Crippen molar-refractivity contribution < 1.29 is 19.4 Å². The van der Waals surface area contributed by atoms with Gasteiger partial charge in [-0.2, -0.15) is 11.8 Å². The normalized spacial score (nSPS) is 17.0. The largest absolute Gasteiger partial charge is 0.494 e. The van der Waals surface area contributed by atoms with Crippen molar-refractivity contribution in [1.82, 2.24) is 4.90 Å². The predicted molar refractivity (Wildman–Crippen MR) is 112 cm³/mol. The van der Waals surface area contributed by atoms with Crippen LogP contribution in [0.25, 0.3) is 6.08 Å². The molecule has 0 unspecified atom stereocenters. The zero-order valence-corrected chi connectivity index (χ0v) is 17.1. The number of rotatable bonds is 9. The van der Waals surface area contributed by atoms with Gasteiger partial charge in [-0.05, 0) is 48.6 Å². The van der Waals surface area contributed by atoms with Gasteiger partial charge in [0.15, 0.2) is 0 Å². The van der Waals surface area contributed by atoms with Gasteiger partial charge in [-0.1, -0.05) is 43.0 Å². The average Bonchev–Trinajstić information content (AvgIpc) is 2.89. The highest BCUT2D eigenvalue weighted by Gasteiger charge is 2.40. The van der Waals surface area contributed by atoms with Gasteiger partial charge in [-0.15, -0.1) is 0 Å². The van der Waals surface area contributed by atoms with E-state index in [-0.39, 0.29) is 10.2 Å². The summed E-state index contributed by atoms with van der Waals surface area (Å²) in [7, 11) is 0. The van der Waals surface area contributed by atoms with E-state index in [4.69, 9.17) is 17.0 Å². The number of amides is 1. The van der Waals surface area contributed by atoms with Crippen molar-refractivity contribution in [1.29, 1.82) is 0 Å². The van der Waals surface area contributed by atoms with Gasteiger partial charge in [-0.3, -0.25) is 9.69 Å². The minimum Gasteiger partial charge on any atom is -0.494 e. The Hall–Kier alpha value is -1.51. The summed E-state index contributed by atoms with van der Waals surface area (Å²) in [6.45, 7) is 2.70. The maximum absolute atomic E-state index is 12.7. The molecule has 0 aliphatic carbocycles. The van der Waals surface area contributed by atoms with Gasteiger partial charge >= 0.3 is 5.97 Å². The molecule has 1 aromatic carbocycles. The molecule has 26 heavy (non-hydrogen) atoms. The quantitative estimate of drug-likeness (QED) is 0.488. The van der Waals surface area contributed by atoms with Gasteiger partial charge in [0.1, 0.15) is 16.1 Å². The number of aliphatic carboxylic acids is 1. The van der Waals surface area contributed by atoms with E-state index in [0.29, 0.717) is 23.7 Å². The first-order chi connectivity index (χ1) is 12.5. The highest BCUT2D eigenvalue weighted by atomic mass is 32.2. The molecule has 1 fully saturated rings. The number of carboxylic acids is 1. The molecule has 1 aliphatic rings. The molecule has 0 spiro atoms. The molecule has 0 aromatic heterocycles. The number of thiocarbonyl (C=S) groups is 1. The number of thioether (sulfide) groups is 2. The predicted octanol–water partition coefficient (Wildman–Crippen LogP) is 3.88. The van der Waals surface area contributed by atoms with Crippen molar-refractivity contribution in [2.45, 2.75) is 25.8 Å². The molecule has 5 nitrogen and oxygen atoms in total. The highest BCUT2D eigenvalue weighted by Crippen LogP contribution is 2.35. The first-order valence-electron chi connectivity index (χ1n) is 8.19. The van der Waals surface area contributed by atoms with Gasteiger partial charge in [-0.25, -0.2) is 4.79 Å². The number of benzene rings is 1. The second-order valence-electron chi connectivity index (χ2n) is 5.60. The van der Waals surface area contributed by atoms with Crippen LogP contribution in [0.15, 0.2) is 29.2 Å². The molecule has 2 rings (SSSR count). The van der Waals surface area contributed by atoms with E-state index < -0.39 is 12.0 Å². The van der Waals surface area contributed by atoms with Gasteiger partial charge in [0.2, 0.25) is 0 Å². The maximum Gasteiger partial charge on any atom is 0.326 e. The Morgan fingerprint density at radius 1 is 1.42 bits per heavy atom. The van der Waals surface area contributed by atoms with Crippen molar-refractivity contribution in [2.75, 3.05) is 18.6 Å². The van der Waals surface area contributed by atoms with Crippen molar-refractivity contribution in [2.24, 2.45) is 0 Å². The number of nitrogens with zero attached hydrogens (tertiary/aromatic N) is 1. The Morgan fingerprint density at radius 3 is 2.69 bits per heavy atom. The Bertz CT molecular complexity index is 703. The molecule has 0 radical (unpaired) electrons. The number of hydrogen-bond donors (Lipinski definition) is 1. The second-order valence-corrected chi connectivity index (χ2v) is 8.27. The van der Waals surface area contributed by atoms with Crippen LogP contribution >= 0.6 is 35.7 Å². The molecule has 1 heterocycles. The van der Waals surface area contributed by atoms with E-state index >= 15 is 0 Å². The molecule has 1 aromatic rings. The molecule has 1 aliphatic heterocycles. The van der Waals surface area contributed by atoms with E-state index in [9.17, 15) is 14.7 Å². The summed E-state index contributed by atoms with van der Waals surface area (Å²) >= 11 is 7.94. The zero-order chi connectivity index (χ0) is 19.1. The Balaban J connectivity index is 2.16. The van der Waals surface area contributed by atoms with E-state index in [1.165, 1.54) is 4.90 Å². The molecular weight excluding hydrogens is 390 g/mol. The van der Waals surface area contributed by atoms with E-state index in [2.05, 4.69) is 0 Å². The lowest BCUT2D eigenvalue weighted by Crippen LogP contribution is -2.44. The first-order valence-corrected chi connectivity index (χ1v) is 10.8. The van der Waals surface area contributed by atoms with E-state index in [0.717, 1.165) is 29.5 Å². The van der Waals surface area contributed by atoms with Crippen LogP contribution in [0.2, 0.25) is 0 Å². The van der Waals surface area contributed by atoms with Crippen LogP contribution in [0.3, 0.4) is 0 Å². The first kappa shape index (κ1) is 20.8. The van der Waals surface area contributed by atoms with Crippen LogP contribution in [0.1, 0.15) is 25.3 Å². The maximum atomic E-state index is 12.7. The fourth-order valence-electron chi connectivity index (χ4n) is 2.37. The number of carboxylic acid groups (broad SMARTS) is 1. The summed E-state index contributed by atoms with van der Waals surface area (Å²) in [5.41, 5.74) is 0.838. The number of carbonyl (C=O) groups excluding carboxylic acids is 1. The van der Waals surface area contributed by atoms with E-state index in [1.807, 2.05) is 37.4 Å². The Kier molecular flexibility index (Phi) is 7.99. The van der Waals surface area contributed by atoms with Crippen LogP contribution in [0.5, 0.6) is 5.75 Å². The number of carbonyl (C=O) groups is 2. The van der Waals surface area contributed by atoms with Crippen molar-refractivity contribution in [3.8, 4) is 5.75 Å². The van der Waals surface area contributed by atoms with Crippen LogP contribution in [0.4, 0.5) is 0 Å².